The number of hydrogen-bond donors (Lipinski definition) is 0. The monoisotopic (exact) mass is 174 g/mol. The number of thiophene rings is 1. The van der Waals surface area contributed by atoms with Gasteiger partial charge in [-0.1, -0.05) is 0 Å². The van der Waals surface area contributed by atoms with E-state index in [4.69, 9.17) is 0 Å². The first-order valence-corrected chi connectivity index (χ1v) is 3.62. The summed E-state index contributed by atoms with van der Waals surface area (Å²) in [6.07, 6.45) is 3.70. The van der Waals surface area contributed by atoms with Gasteiger partial charge < -0.3 is 0 Å². The summed E-state index contributed by atoms with van der Waals surface area (Å²) in [5, 5.41) is 3.31. The molecule has 0 aliphatic heterocycles. The molecule has 0 N–H and O–H groups in total. The average Bonchev–Trinajstić information content (AvgIpc) is 2.33. The van der Waals surface area contributed by atoms with Crippen molar-refractivity contribution in [2.75, 3.05) is 0 Å². The van der Waals surface area contributed by atoms with Crippen LogP contribution in [0.2, 0.25) is 0 Å². The van der Waals surface area contributed by atoms with Crippen molar-refractivity contribution in [2.24, 2.45) is 0 Å². The van der Waals surface area contributed by atoms with Crippen LogP contribution in [0.15, 0.2) is 29.9 Å². The Morgan fingerprint density at radius 1 is 1.30 bits per heavy atom. The molecule has 0 aliphatic rings. The Morgan fingerprint density at radius 3 is 3.00 bits per heavy atom. The van der Waals surface area contributed by atoms with Gasteiger partial charge in [-0.25, -0.2) is 0 Å². The van der Waals surface area contributed by atoms with E-state index >= 15 is 0 Å². The van der Waals surface area contributed by atoms with Crippen LogP contribution in [-0.4, -0.2) is 56.4 Å². The van der Waals surface area contributed by atoms with E-state index in [1.54, 1.807) is 11.3 Å². The van der Waals surface area contributed by atoms with Gasteiger partial charge in [-0.3, -0.25) is 4.98 Å². The standard InChI is InChI=1S/C7H5NS.K/c1-3-8-5-6-2-4-9-7(1)6;/h1-5H;. The molecule has 0 fully saturated rings. The minimum Gasteiger partial charge on any atom is -0.264 e. The van der Waals surface area contributed by atoms with Crippen LogP contribution in [0, 0.1) is 0 Å². The van der Waals surface area contributed by atoms with Gasteiger partial charge in [0.2, 0.25) is 0 Å². The molecule has 0 saturated heterocycles. The van der Waals surface area contributed by atoms with E-state index in [9.17, 15) is 0 Å². The number of nitrogens with zero attached hydrogens (tertiary/aromatic N) is 1. The molecule has 3 heteroatoms. The van der Waals surface area contributed by atoms with Crippen molar-refractivity contribution in [2.45, 2.75) is 0 Å². The number of hydrogen-bond acceptors (Lipinski definition) is 2. The predicted octanol–water partition coefficient (Wildman–Crippen LogP) is 1.92. The van der Waals surface area contributed by atoms with E-state index < -0.39 is 0 Å². The Labute approximate surface area is 106 Å². The molecule has 2 aromatic rings. The zero-order valence-corrected chi connectivity index (χ0v) is 9.68. The van der Waals surface area contributed by atoms with Crippen LogP contribution in [-0.2, 0) is 0 Å². The van der Waals surface area contributed by atoms with Crippen LogP contribution in [0.25, 0.3) is 10.1 Å². The van der Waals surface area contributed by atoms with Crippen LogP contribution < -0.4 is 0 Å². The van der Waals surface area contributed by atoms with Crippen molar-refractivity contribution < 1.29 is 0 Å². The van der Waals surface area contributed by atoms with Gasteiger partial charge in [-0.15, -0.1) is 11.3 Å². The van der Waals surface area contributed by atoms with E-state index in [1.807, 2.05) is 18.5 Å². The molecule has 2 aromatic heterocycles. The van der Waals surface area contributed by atoms with Crippen LogP contribution >= 0.6 is 11.3 Å². The third-order valence-electron chi connectivity index (χ3n) is 1.25. The molecule has 0 unspecified atom stereocenters. The van der Waals surface area contributed by atoms with Gasteiger partial charge in [0.15, 0.2) is 0 Å². The maximum absolute atomic E-state index is 3.99. The van der Waals surface area contributed by atoms with Crippen LogP contribution in [0.4, 0.5) is 0 Å². The summed E-state index contributed by atoms with van der Waals surface area (Å²) < 4.78 is 1.31. The van der Waals surface area contributed by atoms with E-state index in [0.29, 0.717) is 0 Å². The Balaban J connectivity index is 0.000000500. The average molecular weight is 174 g/mol. The fourth-order valence-corrected chi connectivity index (χ4v) is 1.56. The minimum absolute atomic E-state index is 0. The second kappa shape index (κ2) is 3.95. The summed E-state index contributed by atoms with van der Waals surface area (Å²) in [5.74, 6) is 0. The molecule has 0 amide bonds. The molecule has 0 atom stereocenters. The van der Waals surface area contributed by atoms with Gasteiger partial charge in [0, 0.05) is 73.9 Å². The van der Waals surface area contributed by atoms with E-state index in [-0.39, 0.29) is 51.4 Å². The topological polar surface area (TPSA) is 12.9 Å². The van der Waals surface area contributed by atoms with Crippen LogP contribution in [0.1, 0.15) is 0 Å². The smallest absolute Gasteiger partial charge is 0.0373 e. The maximum atomic E-state index is 3.99. The summed E-state index contributed by atoms with van der Waals surface area (Å²) in [5.41, 5.74) is 0. The minimum atomic E-state index is 0. The second-order valence-electron chi connectivity index (χ2n) is 1.83. The van der Waals surface area contributed by atoms with E-state index in [2.05, 4.69) is 16.4 Å². The number of rotatable bonds is 0. The molecule has 45 valence electrons. The Hall–Kier alpha value is 0.746. The fourth-order valence-electron chi connectivity index (χ4n) is 0.807. The second-order valence-corrected chi connectivity index (χ2v) is 2.78. The van der Waals surface area contributed by atoms with Crippen molar-refractivity contribution in [3.8, 4) is 0 Å². The normalized spacial score (nSPS) is 9.20. The van der Waals surface area contributed by atoms with Gasteiger partial charge in [-0.05, 0) is 17.5 Å². The molecule has 1 nitrogen and oxygen atoms in total. The van der Waals surface area contributed by atoms with Crippen molar-refractivity contribution in [3.05, 3.63) is 29.9 Å². The van der Waals surface area contributed by atoms with Gasteiger partial charge >= 0.3 is 0 Å². The fraction of sp³-hybridized carbons (Fsp3) is 0. The molecular formula is C7H5KNS. The largest absolute Gasteiger partial charge is 0.264 e. The Morgan fingerprint density at radius 2 is 2.20 bits per heavy atom. The van der Waals surface area contributed by atoms with Gasteiger partial charge in [0.25, 0.3) is 0 Å². The first kappa shape index (κ1) is 8.84. The number of aromatic nitrogens is 1. The predicted molar refractivity (Wildman–Crippen MR) is 45.4 cm³/mol. The summed E-state index contributed by atoms with van der Waals surface area (Å²) in [6, 6.07) is 4.10. The van der Waals surface area contributed by atoms with Crippen LogP contribution in [0.3, 0.4) is 0 Å². The van der Waals surface area contributed by atoms with Crippen molar-refractivity contribution >= 4 is 72.8 Å². The molecule has 10 heavy (non-hydrogen) atoms. The maximum Gasteiger partial charge on any atom is 0.0373 e. The quantitative estimate of drug-likeness (QED) is 0.556. The molecule has 1 radical (unpaired) electrons. The zero-order chi connectivity index (χ0) is 6.10. The molecule has 2 rings (SSSR count). The molecule has 0 aliphatic carbocycles. The summed E-state index contributed by atoms with van der Waals surface area (Å²) in [7, 11) is 0. The Kier molecular flexibility index (Phi) is 3.49. The molecule has 0 saturated carbocycles. The first-order chi connectivity index (χ1) is 4.47. The third-order valence-corrected chi connectivity index (χ3v) is 2.15. The molecule has 0 aromatic carbocycles. The molecule has 0 bridgehead atoms. The van der Waals surface area contributed by atoms with Crippen molar-refractivity contribution in [3.63, 3.8) is 0 Å². The summed E-state index contributed by atoms with van der Waals surface area (Å²) in [4.78, 5) is 3.99. The third kappa shape index (κ3) is 1.67. The van der Waals surface area contributed by atoms with Gasteiger partial charge in [0.05, 0.1) is 0 Å². The first-order valence-electron chi connectivity index (χ1n) is 2.74. The van der Waals surface area contributed by atoms with E-state index in [0.717, 1.165) is 0 Å². The summed E-state index contributed by atoms with van der Waals surface area (Å²) >= 11 is 1.75. The zero-order valence-electron chi connectivity index (χ0n) is 5.74. The van der Waals surface area contributed by atoms with Crippen molar-refractivity contribution in [1.82, 2.24) is 4.98 Å². The van der Waals surface area contributed by atoms with Gasteiger partial charge in [0.1, 0.15) is 0 Å². The van der Waals surface area contributed by atoms with Crippen molar-refractivity contribution in [1.29, 1.82) is 0 Å². The number of fused-ring (bicyclic) bond motifs is 1. The Bertz CT molecular complexity index is 288. The summed E-state index contributed by atoms with van der Waals surface area (Å²) in [6.45, 7) is 0. The molecular weight excluding hydrogens is 169 g/mol. The number of pyridine rings is 1. The molecule has 2 heterocycles. The van der Waals surface area contributed by atoms with E-state index in [1.165, 1.54) is 10.1 Å². The SMILES string of the molecule is [K].c1cc2sccc2cn1. The molecule has 0 spiro atoms. The van der Waals surface area contributed by atoms with Gasteiger partial charge in [-0.2, -0.15) is 0 Å². The van der Waals surface area contributed by atoms with Crippen LogP contribution in [0.5, 0.6) is 0 Å².